The molecule has 10 heavy (non-hydrogen) atoms. The van der Waals surface area contributed by atoms with E-state index in [-0.39, 0.29) is 0 Å². The van der Waals surface area contributed by atoms with Crippen molar-refractivity contribution in [3.05, 3.63) is 23.9 Å². The van der Waals surface area contributed by atoms with Gasteiger partial charge in [0, 0.05) is 5.70 Å². The highest BCUT2D eigenvalue weighted by Gasteiger charge is 1.78. The summed E-state index contributed by atoms with van der Waals surface area (Å²) in [6.45, 7) is 3.90. The molecule has 0 atom stereocenters. The molecule has 0 rings (SSSR count). The Hall–Kier alpha value is -1.05. The van der Waals surface area contributed by atoms with Gasteiger partial charge < -0.3 is 5.32 Å². The average Bonchev–Trinajstić information content (AvgIpc) is 1.89. The fourth-order valence-electron chi connectivity index (χ4n) is 0.490. The molecular weight excluding hydrogens is 126 g/mol. The summed E-state index contributed by atoms with van der Waals surface area (Å²) in [5.41, 5.74) is 0.861. The molecule has 0 unspecified atom stereocenters. The maximum absolute atomic E-state index is 9.87. The largest absolute Gasteiger partial charge is 0.333 e. The summed E-state index contributed by atoms with van der Waals surface area (Å²) in [7, 11) is 0. The molecule has 2 heteroatoms. The standard InChI is InChI=1S/C8H13NO/c1-3-4-5-6-8(2)9-7-10/h4-7H,3H2,1-2H3,(H,9,10)/b5-4-,8-6+. The van der Waals surface area contributed by atoms with Crippen LogP contribution in [0.4, 0.5) is 0 Å². The Kier molecular flexibility index (Phi) is 5.44. The van der Waals surface area contributed by atoms with E-state index < -0.39 is 0 Å². The Balaban J connectivity index is 3.67. The van der Waals surface area contributed by atoms with Crippen molar-refractivity contribution < 1.29 is 4.79 Å². The molecule has 0 heterocycles. The summed E-state index contributed by atoms with van der Waals surface area (Å²) in [5.74, 6) is 0. The number of allylic oxidation sites excluding steroid dienone is 4. The highest BCUT2D eigenvalue weighted by molar-refractivity contribution is 5.49. The van der Waals surface area contributed by atoms with E-state index in [0.717, 1.165) is 12.1 Å². The molecule has 0 bridgehead atoms. The van der Waals surface area contributed by atoms with Crippen molar-refractivity contribution in [2.75, 3.05) is 0 Å². The molecule has 0 spiro atoms. The van der Waals surface area contributed by atoms with Crippen LogP contribution in [-0.2, 0) is 4.79 Å². The van der Waals surface area contributed by atoms with Crippen molar-refractivity contribution >= 4 is 6.41 Å². The summed E-state index contributed by atoms with van der Waals surface area (Å²) >= 11 is 0. The van der Waals surface area contributed by atoms with Gasteiger partial charge in [-0.25, -0.2) is 0 Å². The smallest absolute Gasteiger partial charge is 0.211 e. The third-order valence-corrected chi connectivity index (χ3v) is 1.00. The third kappa shape index (κ3) is 5.09. The predicted molar refractivity (Wildman–Crippen MR) is 42.4 cm³/mol. The van der Waals surface area contributed by atoms with Crippen LogP contribution in [0.2, 0.25) is 0 Å². The maximum Gasteiger partial charge on any atom is 0.211 e. The van der Waals surface area contributed by atoms with Gasteiger partial charge in [-0.3, -0.25) is 4.79 Å². The normalized spacial score (nSPS) is 12.0. The average molecular weight is 139 g/mol. The van der Waals surface area contributed by atoms with Gasteiger partial charge in [-0.15, -0.1) is 0 Å². The Morgan fingerprint density at radius 2 is 2.30 bits per heavy atom. The minimum atomic E-state index is 0.672. The lowest BCUT2D eigenvalue weighted by Crippen LogP contribution is -2.05. The zero-order valence-electron chi connectivity index (χ0n) is 6.42. The Morgan fingerprint density at radius 1 is 1.60 bits per heavy atom. The first-order valence-corrected chi connectivity index (χ1v) is 3.35. The fraction of sp³-hybridized carbons (Fsp3) is 0.375. The number of rotatable bonds is 4. The van der Waals surface area contributed by atoms with Crippen molar-refractivity contribution in [3.8, 4) is 0 Å². The third-order valence-electron chi connectivity index (χ3n) is 1.00. The van der Waals surface area contributed by atoms with Gasteiger partial charge in [0.15, 0.2) is 0 Å². The predicted octanol–water partition coefficient (Wildman–Crippen LogP) is 1.60. The Bertz CT molecular complexity index is 147. The molecule has 0 radical (unpaired) electrons. The fourth-order valence-corrected chi connectivity index (χ4v) is 0.490. The highest BCUT2D eigenvalue weighted by atomic mass is 16.1. The molecule has 2 nitrogen and oxygen atoms in total. The van der Waals surface area contributed by atoms with Crippen LogP contribution in [0.3, 0.4) is 0 Å². The van der Waals surface area contributed by atoms with Gasteiger partial charge in [-0.1, -0.05) is 19.1 Å². The Morgan fingerprint density at radius 3 is 2.80 bits per heavy atom. The van der Waals surface area contributed by atoms with E-state index in [1.165, 1.54) is 0 Å². The van der Waals surface area contributed by atoms with Crippen LogP contribution in [0, 0.1) is 0 Å². The SMILES string of the molecule is CC/C=C\C=C(/C)NC=O. The van der Waals surface area contributed by atoms with Crippen LogP contribution in [0.5, 0.6) is 0 Å². The lowest BCUT2D eigenvalue weighted by Gasteiger charge is -1.91. The molecule has 0 fully saturated rings. The van der Waals surface area contributed by atoms with Crippen LogP contribution >= 0.6 is 0 Å². The van der Waals surface area contributed by atoms with E-state index in [2.05, 4.69) is 12.2 Å². The molecule has 0 aliphatic carbocycles. The van der Waals surface area contributed by atoms with Crippen molar-refractivity contribution in [2.45, 2.75) is 20.3 Å². The van der Waals surface area contributed by atoms with Crippen LogP contribution < -0.4 is 5.32 Å². The highest BCUT2D eigenvalue weighted by Crippen LogP contribution is 1.86. The quantitative estimate of drug-likeness (QED) is 0.465. The maximum atomic E-state index is 9.87. The minimum Gasteiger partial charge on any atom is -0.333 e. The summed E-state index contributed by atoms with van der Waals surface area (Å²) in [6, 6.07) is 0. The van der Waals surface area contributed by atoms with E-state index in [1.54, 1.807) is 0 Å². The summed E-state index contributed by atoms with van der Waals surface area (Å²) in [6.07, 6.45) is 7.50. The number of carbonyl (C=O) groups excluding carboxylic acids is 1. The number of carbonyl (C=O) groups is 1. The second kappa shape index (κ2) is 6.08. The number of hydrogen-bond donors (Lipinski definition) is 1. The molecule has 1 N–H and O–H groups in total. The van der Waals surface area contributed by atoms with Gasteiger partial charge in [-0.2, -0.15) is 0 Å². The zero-order valence-corrected chi connectivity index (χ0v) is 6.42. The van der Waals surface area contributed by atoms with E-state index in [1.807, 2.05) is 25.2 Å². The van der Waals surface area contributed by atoms with E-state index in [4.69, 9.17) is 0 Å². The van der Waals surface area contributed by atoms with Gasteiger partial charge in [0.05, 0.1) is 0 Å². The molecule has 0 saturated carbocycles. The molecule has 1 amide bonds. The lowest BCUT2D eigenvalue weighted by atomic mass is 10.3. The van der Waals surface area contributed by atoms with Crippen LogP contribution in [0.1, 0.15) is 20.3 Å². The molecule has 0 saturated heterocycles. The first-order valence-electron chi connectivity index (χ1n) is 3.35. The van der Waals surface area contributed by atoms with Gasteiger partial charge in [0.25, 0.3) is 0 Å². The van der Waals surface area contributed by atoms with Gasteiger partial charge >= 0.3 is 0 Å². The van der Waals surface area contributed by atoms with Gasteiger partial charge in [0.2, 0.25) is 6.41 Å². The second-order valence-corrected chi connectivity index (χ2v) is 1.95. The van der Waals surface area contributed by atoms with E-state index >= 15 is 0 Å². The van der Waals surface area contributed by atoms with E-state index in [0.29, 0.717) is 6.41 Å². The summed E-state index contributed by atoms with van der Waals surface area (Å²) in [5, 5.41) is 2.53. The van der Waals surface area contributed by atoms with Gasteiger partial charge in [0.1, 0.15) is 0 Å². The lowest BCUT2D eigenvalue weighted by molar-refractivity contribution is -0.108. The minimum absolute atomic E-state index is 0.672. The summed E-state index contributed by atoms with van der Waals surface area (Å²) < 4.78 is 0. The van der Waals surface area contributed by atoms with Crippen molar-refractivity contribution in [3.63, 3.8) is 0 Å². The number of nitrogens with one attached hydrogen (secondary N) is 1. The topological polar surface area (TPSA) is 29.1 Å². The monoisotopic (exact) mass is 139 g/mol. The first kappa shape index (κ1) is 8.95. The molecular formula is C8H13NO. The molecule has 56 valence electrons. The van der Waals surface area contributed by atoms with Crippen molar-refractivity contribution in [1.82, 2.24) is 5.32 Å². The van der Waals surface area contributed by atoms with Gasteiger partial charge in [-0.05, 0) is 19.4 Å². The van der Waals surface area contributed by atoms with Crippen molar-refractivity contribution in [1.29, 1.82) is 0 Å². The second-order valence-electron chi connectivity index (χ2n) is 1.95. The molecule has 0 aromatic carbocycles. The Labute approximate surface area is 61.6 Å². The summed E-state index contributed by atoms with van der Waals surface area (Å²) in [4.78, 5) is 9.87. The van der Waals surface area contributed by atoms with Crippen molar-refractivity contribution in [2.24, 2.45) is 0 Å². The molecule has 0 aliphatic heterocycles. The zero-order chi connectivity index (χ0) is 7.82. The van der Waals surface area contributed by atoms with E-state index in [9.17, 15) is 4.79 Å². The molecule has 0 aromatic heterocycles. The number of amides is 1. The van der Waals surface area contributed by atoms with Crippen LogP contribution in [0.15, 0.2) is 23.9 Å². The molecule has 0 aromatic rings. The van der Waals surface area contributed by atoms with Crippen LogP contribution in [0.25, 0.3) is 0 Å². The molecule has 0 aliphatic rings. The number of hydrogen-bond acceptors (Lipinski definition) is 1. The van der Waals surface area contributed by atoms with Crippen LogP contribution in [-0.4, -0.2) is 6.41 Å². The first-order chi connectivity index (χ1) is 4.81.